The average Bonchev–Trinajstić information content (AvgIpc) is 3.64. The Labute approximate surface area is 242 Å². The molecule has 0 radical (unpaired) electrons. The minimum atomic E-state index is -0.422. The smallest absolute Gasteiger partial charge is 0.271 e. The number of ether oxygens (including phenoxy) is 1. The summed E-state index contributed by atoms with van der Waals surface area (Å²) < 4.78 is 8.43. The number of thiazole rings is 1. The molecule has 7 rings (SSSR count). The molecule has 202 valence electrons. The van der Waals surface area contributed by atoms with E-state index >= 15 is 0 Å². The maximum Gasteiger partial charge on any atom is 0.271 e. The molecule has 0 fully saturated rings. The van der Waals surface area contributed by atoms with Gasteiger partial charge in [0.25, 0.3) is 11.2 Å². The lowest BCUT2D eigenvalue weighted by Gasteiger charge is -2.30. The number of aryl methyl sites for hydroxylation is 1. The average molecular weight is 578 g/mol. The Morgan fingerprint density at radius 1 is 1.02 bits per heavy atom. The Bertz CT molecular complexity index is 2000. The third-order valence-electron chi connectivity index (χ3n) is 7.39. The Morgan fingerprint density at radius 2 is 1.88 bits per heavy atom. The second kappa shape index (κ2) is 10.4. The van der Waals surface area contributed by atoms with Crippen LogP contribution in [0.4, 0.5) is 5.69 Å². The van der Waals surface area contributed by atoms with Gasteiger partial charge in [-0.25, -0.2) is 4.99 Å². The minimum absolute atomic E-state index is 0.0450. The molecule has 3 heterocycles. The molecular weight excluding hydrogens is 555 g/mol. The molecule has 0 bridgehead atoms. The van der Waals surface area contributed by atoms with E-state index in [0.717, 1.165) is 40.1 Å². The quantitative estimate of drug-likeness (QED) is 0.187. The number of hydrogen-bond donors (Lipinski definition) is 0. The zero-order valence-corrected chi connectivity index (χ0v) is 23.4. The third-order valence-corrected chi connectivity index (χ3v) is 9.30. The number of aromatic nitrogens is 1. The molecule has 2 aromatic heterocycles. The van der Waals surface area contributed by atoms with Crippen LogP contribution in [0.5, 0.6) is 5.75 Å². The van der Waals surface area contributed by atoms with Gasteiger partial charge in [-0.05, 0) is 76.9 Å². The first-order valence-electron chi connectivity index (χ1n) is 13.2. The van der Waals surface area contributed by atoms with E-state index in [4.69, 9.17) is 9.73 Å². The van der Waals surface area contributed by atoms with Crippen molar-refractivity contribution in [2.75, 3.05) is 0 Å². The molecule has 9 heteroatoms. The molecule has 0 saturated heterocycles. The van der Waals surface area contributed by atoms with Crippen molar-refractivity contribution in [3.63, 3.8) is 0 Å². The number of nitro groups is 1. The molecule has 41 heavy (non-hydrogen) atoms. The van der Waals surface area contributed by atoms with Crippen LogP contribution in [-0.2, 0) is 13.0 Å². The summed E-state index contributed by atoms with van der Waals surface area (Å²) in [5.74, 6) is 0.647. The van der Waals surface area contributed by atoms with Gasteiger partial charge in [-0.15, -0.1) is 11.3 Å². The zero-order chi connectivity index (χ0) is 27.9. The Morgan fingerprint density at radius 3 is 2.68 bits per heavy atom. The molecule has 0 spiro atoms. The fraction of sp³-hybridized carbons (Fsp3) is 0.125. The SMILES string of the molecule is O=c1/c(=C\c2cccc(OCc3ccc([N+](=O)[O-])cc3)c2)sc2n1[C@@H](c1cccs1)C1=C(N=2)c2ccccc2CC1. The maximum atomic E-state index is 13.9. The lowest BCUT2D eigenvalue weighted by atomic mass is 9.85. The molecule has 1 aliphatic carbocycles. The standard InChI is InChI=1S/C32H23N3O4S2/c36-31-28(18-21-5-3-7-24(17-21)39-19-20-10-13-23(14-11-20)35(37)38)41-32-33-29-25-8-2-1-6-22(25)12-15-26(29)30(34(31)32)27-9-4-16-40-27/h1-11,13-14,16-18,30H,12,15,19H2/b28-18+/t30-/m1/s1. The van der Waals surface area contributed by atoms with Gasteiger partial charge in [0.2, 0.25) is 0 Å². The Hall–Kier alpha value is -4.60. The van der Waals surface area contributed by atoms with Crippen molar-refractivity contribution in [3.05, 3.63) is 153 Å². The van der Waals surface area contributed by atoms with Crippen LogP contribution >= 0.6 is 22.7 Å². The third kappa shape index (κ3) is 4.73. The predicted molar refractivity (Wildman–Crippen MR) is 161 cm³/mol. The number of thiophene rings is 1. The van der Waals surface area contributed by atoms with Crippen LogP contribution in [-0.4, -0.2) is 9.49 Å². The molecule has 0 unspecified atom stereocenters. The van der Waals surface area contributed by atoms with Gasteiger partial charge in [0.05, 0.1) is 21.2 Å². The van der Waals surface area contributed by atoms with Crippen LogP contribution in [0.1, 0.15) is 39.6 Å². The maximum absolute atomic E-state index is 13.9. The lowest BCUT2D eigenvalue weighted by Crippen LogP contribution is -2.38. The second-order valence-electron chi connectivity index (χ2n) is 9.91. The van der Waals surface area contributed by atoms with Crippen molar-refractivity contribution >= 4 is 40.1 Å². The van der Waals surface area contributed by atoms with Crippen molar-refractivity contribution in [1.82, 2.24) is 4.57 Å². The van der Waals surface area contributed by atoms with Crippen LogP contribution in [0.2, 0.25) is 0 Å². The zero-order valence-electron chi connectivity index (χ0n) is 21.7. The number of hydrogen-bond acceptors (Lipinski definition) is 7. The van der Waals surface area contributed by atoms with E-state index in [1.54, 1.807) is 23.5 Å². The summed E-state index contributed by atoms with van der Waals surface area (Å²) >= 11 is 3.08. The lowest BCUT2D eigenvalue weighted by molar-refractivity contribution is -0.384. The van der Waals surface area contributed by atoms with Gasteiger partial charge in [0.1, 0.15) is 12.4 Å². The van der Waals surface area contributed by atoms with Crippen LogP contribution in [0, 0.1) is 10.1 Å². The summed E-state index contributed by atoms with van der Waals surface area (Å²) in [6, 6.07) is 26.3. The number of non-ortho nitro benzene ring substituents is 1. The van der Waals surface area contributed by atoms with Crippen molar-refractivity contribution in [3.8, 4) is 5.75 Å². The van der Waals surface area contributed by atoms with Gasteiger partial charge in [0.15, 0.2) is 4.80 Å². The summed E-state index contributed by atoms with van der Waals surface area (Å²) in [6.07, 6.45) is 3.70. The van der Waals surface area contributed by atoms with E-state index in [1.807, 2.05) is 41.0 Å². The number of benzene rings is 3. The van der Waals surface area contributed by atoms with Crippen LogP contribution < -0.4 is 19.6 Å². The Kier molecular flexibility index (Phi) is 6.45. The summed E-state index contributed by atoms with van der Waals surface area (Å²) in [5.41, 5.74) is 6.33. The molecule has 3 aromatic carbocycles. The highest BCUT2D eigenvalue weighted by Crippen LogP contribution is 2.42. The molecule has 2 aliphatic rings. The van der Waals surface area contributed by atoms with Crippen LogP contribution in [0.3, 0.4) is 0 Å². The molecule has 0 N–H and O–H groups in total. The first-order chi connectivity index (χ1) is 20.0. The predicted octanol–water partition coefficient (Wildman–Crippen LogP) is 5.87. The highest BCUT2D eigenvalue weighted by atomic mass is 32.1. The fourth-order valence-corrected chi connectivity index (χ4v) is 7.29. The largest absolute Gasteiger partial charge is 0.489 e. The highest BCUT2D eigenvalue weighted by molar-refractivity contribution is 7.10. The number of rotatable bonds is 6. The Balaban J connectivity index is 1.25. The summed E-state index contributed by atoms with van der Waals surface area (Å²) in [4.78, 5) is 31.3. The molecule has 0 amide bonds. The van der Waals surface area contributed by atoms with Gasteiger partial charge in [0, 0.05) is 22.6 Å². The van der Waals surface area contributed by atoms with E-state index in [-0.39, 0.29) is 23.9 Å². The van der Waals surface area contributed by atoms with E-state index in [9.17, 15) is 14.9 Å². The van der Waals surface area contributed by atoms with Crippen molar-refractivity contribution in [2.24, 2.45) is 4.99 Å². The van der Waals surface area contributed by atoms with E-state index < -0.39 is 4.92 Å². The number of nitrogens with zero attached hydrogens (tertiary/aromatic N) is 3. The van der Waals surface area contributed by atoms with Gasteiger partial charge >= 0.3 is 0 Å². The van der Waals surface area contributed by atoms with Gasteiger partial charge in [-0.3, -0.25) is 19.5 Å². The molecule has 0 saturated carbocycles. The van der Waals surface area contributed by atoms with Gasteiger partial charge in [-0.1, -0.05) is 53.8 Å². The van der Waals surface area contributed by atoms with E-state index in [1.165, 1.54) is 34.6 Å². The molecule has 5 aromatic rings. The van der Waals surface area contributed by atoms with Crippen LogP contribution in [0.25, 0.3) is 11.8 Å². The normalized spacial score (nSPS) is 16.0. The molecule has 7 nitrogen and oxygen atoms in total. The van der Waals surface area contributed by atoms with Crippen molar-refractivity contribution < 1.29 is 9.66 Å². The number of fused-ring (bicyclic) bond motifs is 3. The van der Waals surface area contributed by atoms with Gasteiger partial charge in [-0.2, -0.15) is 0 Å². The van der Waals surface area contributed by atoms with Gasteiger partial charge < -0.3 is 4.74 Å². The molecular formula is C32H23N3O4S2. The van der Waals surface area contributed by atoms with E-state index in [0.29, 0.717) is 15.1 Å². The van der Waals surface area contributed by atoms with Crippen LogP contribution in [0.15, 0.2) is 106 Å². The molecule has 1 atom stereocenters. The molecule has 1 aliphatic heterocycles. The minimum Gasteiger partial charge on any atom is -0.489 e. The van der Waals surface area contributed by atoms with E-state index in [2.05, 4.69) is 35.7 Å². The van der Waals surface area contributed by atoms with Crippen molar-refractivity contribution in [1.29, 1.82) is 0 Å². The summed E-state index contributed by atoms with van der Waals surface area (Å²) in [5, 5.41) is 13.0. The first kappa shape index (κ1) is 25.4. The topological polar surface area (TPSA) is 86.7 Å². The first-order valence-corrected chi connectivity index (χ1v) is 14.9. The number of nitro benzene ring substituents is 1. The summed E-state index contributed by atoms with van der Waals surface area (Å²) in [7, 11) is 0. The summed E-state index contributed by atoms with van der Waals surface area (Å²) in [6.45, 7) is 0.275. The number of allylic oxidation sites excluding steroid dienone is 1. The second-order valence-corrected chi connectivity index (χ2v) is 11.9. The highest BCUT2D eigenvalue weighted by Gasteiger charge is 2.33. The van der Waals surface area contributed by atoms with Crippen molar-refractivity contribution in [2.45, 2.75) is 25.5 Å². The fourth-order valence-electron chi connectivity index (χ4n) is 5.44. The monoisotopic (exact) mass is 577 g/mol.